The van der Waals surface area contributed by atoms with Crippen LogP contribution in [0.4, 0.5) is 0 Å². The second kappa shape index (κ2) is 3.30. The van der Waals surface area contributed by atoms with Gasteiger partial charge in [0.15, 0.2) is 0 Å². The first-order valence-corrected chi connectivity index (χ1v) is 4.24. The van der Waals surface area contributed by atoms with Gasteiger partial charge in [-0.2, -0.15) is 0 Å². The van der Waals surface area contributed by atoms with Gasteiger partial charge in [-0.25, -0.2) is 0 Å². The molecule has 2 fully saturated rings. The van der Waals surface area contributed by atoms with Gasteiger partial charge in [-0.15, -0.1) is 12.4 Å². The predicted molar refractivity (Wildman–Crippen MR) is 49.2 cm³/mol. The van der Waals surface area contributed by atoms with Crippen molar-refractivity contribution in [1.82, 2.24) is 10.6 Å². The van der Waals surface area contributed by atoms with Gasteiger partial charge in [0.1, 0.15) is 0 Å². The van der Waals surface area contributed by atoms with Crippen molar-refractivity contribution >= 4 is 12.4 Å². The summed E-state index contributed by atoms with van der Waals surface area (Å²) in [5, 5.41) is 6.88. The third kappa shape index (κ3) is 2.32. The fraction of sp³-hybridized carbons (Fsp3) is 1.00. The standard InChI is InChI=1S/C8H16N2.ClH/c1-8(5-9-6-8)10-4-7-2-3-7;/h7,9-10H,2-6H2,1H3;1H. The van der Waals surface area contributed by atoms with E-state index in [-0.39, 0.29) is 12.4 Å². The summed E-state index contributed by atoms with van der Waals surface area (Å²) in [6, 6.07) is 0. The summed E-state index contributed by atoms with van der Waals surface area (Å²) in [4.78, 5) is 0. The summed E-state index contributed by atoms with van der Waals surface area (Å²) in [6.07, 6.45) is 2.91. The zero-order valence-corrected chi connectivity index (χ0v) is 7.84. The molecule has 0 atom stereocenters. The Balaban J connectivity index is 0.000000605. The molecular weight excluding hydrogens is 160 g/mol. The number of hydrogen-bond acceptors (Lipinski definition) is 2. The smallest absolute Gasteiger partial charge is 0.0403 e. The second-order valence-corrected chi connectivity index (χ2v) is 3.99. The summed E-state index contributed by atoms with van der Waals surface area (Å²) < 4.78 is 0. The Bertz CT molecular complexity index is 130. The van der Waals surface area contributed by atoms with Crippen molar-refractivity contribution in [2.45, 2.75) is 25.3 Å². The van der Waals surface area contributed by atoms with Crippen molar-refractivity contribution in [2.75, 3.05) is 19.6 Å². The molecule has 1 saturated heterocycles. The highest BCUT2D eigenvalue weighted by Crippen LogP contribution is 2.28. The average Bonchev–Trinajstić information content (AvgIpc) is 2.61. The van der Waals surface area contributed by atoms with Gasteiger partial charge < -0.3 is 10.6 Å². The van der Waals surface area contributed by atoms with Crippen LogP contribution < -0.4 is 10.6 Å². The van der Waals surface area contributed by atoms with E-state index < -0.39 is 0 Å². The van der Waals surface area contributed by atoms with E-state index in [0.717, 1.165) is 19.0 Å². The maximum Gasteiger partial charge on any atom is 0.0403 e. The van der Waals surface area contributed by atoms with Crippen LogP contribution in [0.2, 0.25) is 0 Å². The Hall–Kier alpha value is 0.210. The minimum Gasteiger partial charge on any atom is -0.313 e. The van der Waals surface area contributed by atoms with Gasteiger partial charge in [0.2, 0.25) is 0 Å². The molecule has 0 amide bonds. The fourth-order valence-electron chi connectivity index (χ4n) is 1.34. The summed E-state index contributed by atoms with van der Waals surface area (Å²) in [7, 11) is 0. The summed E-state index contributed by atoms with van der Waals surface area (Å²) in [6.45, 7) is 5.85. The van der Waals surface area contributed by atoms with Crippen LogP contribution in [0.3, 0.4) is 0 Å². The molecular formula is C8H17ClN2. The molecule has 1 aliphatic heterocycles. The summed E-state index contributed by atoms with van der Waals surface area (Å²) in [5.74, 6) is 1.01. The molecule has 2 nitrogen and oxygen atoms in total. The second-order valence-electron chi connectivity index (χ2n) is 3.99. The zero-order valence-electron chi connectivity index (χ0n) is 7.02. The first-order valence-electron chi connectivity index (χ1n) is 4.24. The van der Waals surface area contributed by atoms with Gasteiger partial charge in [0, 0.05) is 18.6 Å². The van der Waals surface area contributed by atoms with E-state index in [1.54, 1.807) is 0 Å². The third-order valence-corrected chi connectivity index (χ3v) is 2.54. The maximum absolute atomic E-state index is 3.59. The predicted octanol–water partition coefficient (Wildman–Crippen LogP) is 0.770. The van der Waals surface area contributed by atoms with E-state index in [0.29, 0.717) is 5.54 Å². The molecule has 2 N–H and O–H groups in total. The van der Waals surface area contributed by atoms with Crippen LogP contribution in [0.15, 0.2) is 0 Å². The van der Waals surface area contributed by atoms with Gasteiger partial charge in [0.25, 0.3) is 0 Å². The Kier molecular flexibility index (Phi) is 2.79. The van der Waals surface area contributed by atoms with Gasteiger partial charge in [-0.05, 0) is 32.2 Å². The highest BCUT2D eigenvalue weighted by molar-refractivity contribution is 5.85. The molecule has 1 aliphatic carbocycles. The molecule has 11 heavy (non-hydrogen) atoms. The van der Waals surface area contributed by atoms with E-state index in [9.17, 15) is 0 Å². The highest BCUT2D eigenvalue weighted by atomic mass is 35.5. The Labute approximate surface area is 74.5 Å². The molecule has 0 bridgehead atoms. The zero-order chi connectivity index (χ0) is 7.03. The van der Waals surface area contributed by atoms with Crippen LogP contribution in [0, 0.1) is 5.92 Å². The number of halogens is 1. The van der Waals surface area contributed by atoms with Crippen LogP contribution in [0.1, 0.15) is 19.8 Å². The van der Waals surface area contributed by atoms with Crippen molar-refractivity contribution in [3.63, 3.8) is 0 Å². The lowest BCUT2D eigenvalue weighted by atomic mass is 9.95. The maximum atomic E-state index is 3.59. The summed E-state index contributed by atoms with van der Waals surface area (Å²) in [5.41, 5.74) is 0.433. The van der Waals surface area contributed by atoms with E-state index in [2.05, 4.69) is 17.6 Å². The molecule has 3 heteroatoms. The van der Waals surface area contributed by atoms with Crippen molar-refractivity contribution in [1.29, 1.82) is 0 Å². The van der Waals surface area contributed by atoms with Gasteiger partial charge in [-0.1, -0.05) is 0 Å². The molecule has 0 aromatic carbocycles. The molecule has 0 unspecified atom stereocenters. The van der Waals surface area contributed by atoms with E-state index in [1.165, 1.54) is 19.4 Å². The quantitative estimate of drug-likeness (QED) is 0.664. The van der Waals surface area contributed by atoms with Crippen molar-refractivity contribution in [3.8, 4) is 0 Å². The van der Waals surface area contributed by atoms with E-state index in [4.69, 9.17) is 0 Å². The third-order valence-electron chi connectivity index (χ3n) is 2.54. The largest absolute Gasteiger partial charge is 0.313 e. The van der Waals surface area contributed by atoms with Crippen molar-refractivity contribution in [2.24, 2.45) is 5.92 Å². The minimum absolute atomic E-state index is 0. The molecule has 66 valence electrons. The molecule has 2 rings (SSSR count). The van der Waals surface area contributed by atoms with Crippen molar-refractivity contribution < 1.29 is 0 Å². The normalized spacial score (nSPS) is 27.0. The van der Waals surface area contributed by atoms with Gasteiger partial charge in [0.05, 0.1) is 0 Å². The lowest BCUT2D eigenvalue weighted by Gasteiger charge is -2.40. The van der Waals surface area contributed by atoms with Crippen LogP contribution in [0.25, 0.3) is 0 Å². The topological polar surface area (TPSA) is 24.1 Å². The minimum atomic E-state index is 0. The Morgan fingerprint density at radius 3 is 2.45 bits per heavy atom. The van der Waals surface area contributed by atoms with Crippen LogP contribution in [-0.2, 0) is 0 Å². The van der Waals surface area contributed by atoms with E-state index >= 15 is 0 Å². The molecule has 0 aromatic heterocycles. The molecule has 0 spiro atoms. The number of rotatable bonds is 3. The fourth-order valence-corrected chi connectivity index (χ4v) is 1.34. The van der Waals surface area contributed by atoms with Crippen LogP contribution >= 0.6 is 12.4 Å². The van der Waals surface area contributed by atoms with Gasteiger partial charge >= 0.3 is 0 Å². The Morgan fingerprint density at radius 2 is 2.09 bits per heavy atom. The number of nitrogens with one attached hydrogen (secondary N) is 2. The summed E-state index contributed by atoms with van der Waals surface area (Å²) >= 11 is 0. The lowest BCUT2D eigenvalue weighted by molar-refractivity contribution is 0.236. The van der Waals surface area contributed by atoms with Crippen LogP contribution in [0.5, 0.6) is 0 Å². The highest BCUT2D eigenvalue weighted by Gasteiger charge is 2.32. The lowest BCUT2D eigenvalue weighted by Crippen LogP contribution is -2.66. The first-order chi connectivity index (χ1) is 4.79. The molecule has 1 saturated carbocycles. The van der Waals surface area contributed by atoms with Crippen molar-refractivity contribution in [3.05, 3.63) is 0 Å². The molecule has 0 aromatic rings. The first kappa shape index (κ1) is 9.30. The average molecular weight is 177 g/mol. The SMILES string of the molecule is CC1(NCC2CC2)CNC1.Cl. The molecule has 2 aliphatic rings. The Morgan fingerprint density at radius 1 is 1.45 bits per heavy atom. The van der Waals surface area contributed by atoms with Crippen LogP contribution in [-0.4, -0.2) is 25.2 Å². The van der Waals surface area contributed by atoms with Gasteiger partial charge in [-0.3, -0.25) is 0 Å². The van der Waals surface area contributed by atoms with E-state index in [1.807, 2.05) is 0 Å². The number of hydrogen-bond donors (Lipinski definition) is 2. The molecule has 0 radical (unpaired) electrons. The monoisotopic (exact) mass is 176 g/mol. The molecule has 1 heterocycles.